The van der Waals surface area contributed by atoms with Crippen molar-refractivity contribution in [3.8, 4) is 0 Å². The van der Waals surface area contributed by atoms with Crippen molar-refractivity contribution < 1.29 is 14.0 Å². The predicted molar refractivity (Wildman–Crippen MR) is 93.3 cm³/mol. The van der Waals surface area contributed by atoms with Crippen molar-refractivity contribution in [1.82, 2.24) is 15.1 Å². The van der Waals surface area contributed by atoms with Gasteiger partial charge in [0.05, 0.1) is 0 Å². The molecule has 0 bridgehead atoms. The van der Waals surface area contributed by atoms with Crippen LogP contribution in [0.15, 0.2) is 18.2 Å². The molecule has 0 spiro atoms. The Kier molecular flexibility index (Phi) is 5.08. The van der Waals surface area contributed by atoms with E-state index >= 15 is 0 Å². The molecule has 0 unspecified atom stereocenters. The number of hydrogen-bond acceptors (Lipinski definition) is 3. The van der Waals surface area contributed by atoms with Crippen LogP contribution in [0.25, 0.3) is 0 Å². The summed E-state index contributed by atoms with van der Waals surface area (Å²) in [6.45, 7) is 7.99. The third kappa shape index (κ3) is 3.54. The lowest BCUT2D eigenvalue weighted by Gasteiger charge is -2.46. The van der Waals surface area contributed by atoms with Gasteiger partial charge >= 0.3 is 0 Å². The maximum absolute atomic E-state index is 14.0. The summed E-state index contributed by atoms with van der Waals surface area (Å²) in [5.41, 5.74) is 1.64. The average Bonchev–Trinajstić information content (AvgIpc) is 2.60. The first-order chi connectivity index (χ1) is 11.9. The Bertz CT molecular complexity index is 679. The minimum Gasteiger partial charge on any atom is -0.342 e. The van der Waals surface area contributed by atoms with Gasteiger partial charge in [-0.25, -0.2) is 4.39 Å². The number of piperazine rings is 2. The highest BCUT2D eigenvalue weighted by Crippen LogP contribution is 2.22. The summed E-state index contributed by atoms with van der Waals surface area (Å²) < 4.78 is 14.0. The maximum Gasteiger partial charge on any atom is 0.246 e. The summed E-state index contributed by atoms with van der Waals surface area (Å²) >= 11 is 0. The van der Waals surface area contributed by atoms with Crippen LogP contribution in [0.4, 0.5) is 4.39 Å². The average molecular weight is 347 g/mol. The van der Waals surface area contributed by atoms with Crippen LogP contribution < -0.4 is 5.32 Å². The molecule has 1 N–H and O–H groups in total. The number of nitrogens with one attached hydrogen (secondary N) is 1. The maximum atomic E-state index is 14.0. The molecule has 2 aliphatic rings. The Hall–Kier alpha value is -1.95. The molecule has 25 heavy (non-hydrogen) atoms. The molecule has 2 fully saturated rings. The molecule has 2 amide bonds. The van der Waals surface area contributed by atoms with E-state index in [4.69, 9.17) is 0 Å². The summed E-state index contributed by atoms with van der Waals surface area (Å²) in [5, 5.41) is 2.89. The van der Waals surface area contributed by atoms with Gasteiger partial charge in [0.1, 0.15) is 17.9 Å². The summed E-state index contributed by atoms with van der Waals surface area (Å²) in [6.07, 6.45) is 0.841. The van der Waals surface area contributed by atoms with Crippen LogP contribution in [-0.2, 0) is 16.1 Å². The summed E-state index contributed by atoms with van der Waals surface area (Å²) in [6, 6.07) is 4.17. The standard InChI is InChI=1S/C19H26FN3O2/c1-4-13(3)17-19(25)23-8-7-22(11-16(23)18(24)21-17)10-14-9-12(2)5-6-15(14)20/h5-6,9,13,16-17H,4,7-8,10-11H2,1-3H3,(H,21,24)/t13-,16+,17-/m0/s1. The van der Waals surface area contributed by atoms with E-state index in [1.165, 1.54) is 6.07 Å². The van der Waals surface area contributed by atoms with E-state index in [2.05, 4.69) is 10.2 Å². The van der Waals surface area contributed by atoms with Gasteiger partial charge in [-0.15, -0.1) is 0 Å². The predicted octanol–water partition coefficient (Wildman–Crippen LogP) is 1.69. The van der Waals surface area contributed by atoms with Crippen LogP contribution in [0.2, 0.25) is 0 Å². The number of carbonyl (C=O) groups is 2. The van der Waals surface area contributed by atoms with E-state index in [1.54, 1.807) is 11.0 Å². The topological polar surface area (TPSA) is 52.7 Å². The first-order valence-electron chi connectivity index (χ1n) is 8.99. The van der Waals surface area contributed by atoms with Gasteiger partial charge < -0.3 is 10.2 Å². The number of halogens is 1. The number of aryl methyl sites for hydroxylation is 1. The van der Waals surface area contributed by atoms with Crippen molar-refractivity contribution in [3.05, 3.63) is 35.1 Å². The van der Waals surface area contributed by atoms with Crippen molar-refractivity contribution in [2.75, 3.05) is 19.6 Å². The lowest BCUT2D eigenvalue weighted by atomic mass is 9.93. The fraction of sp³-hybridized carbons (Fsp3) is 0.579. The Morgan fingerprint density at radius 1 is 1.32 bits per heavy atom. The smallest absolute Gasteiger partial charge is 0.246 e. The number of nitrogens with zero attached hydrogens (tertiary/aromatic N) is 2. The summed E-state index contributed by atoms with van der Waals surface area (Å²) in [7, 11) is 0. The Morgan fingerprint density at radius 3 is 2.80 bits per heavy atom. The molecule has 0 saturated carbocycles. The molecule has 2 aliphatic heterocycles. The number of carbonyl (C=O) groups excluding carboxylic acids is 2. The SMILES string of the molecule is CC[C@H](C)[C@@H]1NC(=O)[C@H]2CN(Cc3cc(C)ccc3F)CCN2C1=O. The largest absolute Gasteiger partial charge is 0.342 e. The fourth-order valence-corrected chi connectivity index (χ4v) is 3.65. The third-order valence-electron chi connectivity index (χ3n) is 5.42. The zero-order chi connectivity index (χ0) is 18.1. The Balaban J connectivity index is 1.71. The van der Waals surface area contributed by atoms with E-state index in [-0.39, 0.29) is 23.5 Å². The zero-order valence-electron chi connectivity index (χ0n) is 15.1. The van der Waals surface area contributed by atoms with Crippen molar-refractivity contribution in [2.45, 2.75) is 45.8 Å². The van der Waals surface area contributed by atoms with E-state index in [0.29, 0.717) is 31.7 Å². The van der Waals surface area contributed by atoms with Gasteiger partial charge in [-0.2, -0.15) is 0 Å². The molecule has 1 aromatic rings. The van der Waals surface area contributed by atoms with Gasteiger partial charge in [0.2, 0.25) is 11.8 Å². The second kappa shape index (κ2) is 7.12. The van der Waals surface area contributed by atoms with E-state index < -0.39 is 12.1 Å². The Labute approximate surface area is 148 Å². The van der Waals surface area contributed by atoms with Gasteiger partial charge in [0.25, 0.3) is 0 Å². The number of benzene rings is 1. The van der Waals surface area contributed by atoms with Gasteiger partial charge in [-0.3, -0.25) is 14.5 Å². The quantitative estimate of drug-likeness (QED) is 0.902. The fourth-order valence-electron chi connectivity index (χ4n) is 3.65. The lowest BCUT2D eigenvalue weighted by molar-refractivity contribution is -0.154. The first-order valence-corrected chi connectivity index (χ1v) is 8.99. The summed E-state index contributed by atoms with van der Waals surface area (Å²) in [5.74, 6) is -0.189. The van der Waals surface area contributed by atoms with E-state index in [9.17, 15) is 14.0 Å². The van der Waals surface area contributed by atoms with Gasteiger partial charge in [-0.1, -0.05) is 38.0 Å². The van der Waals surface area contributed by atoms with Gasteiger partial charge in [-0.05, 0) is 18.9 Å². The molecular formula is C19H26FN3O2. The molecule has 2 saturated heterocycles. The number of fused-ring (bicyclic) bond motifs is 1. The molecule has 0 radical (unpaired) electrons. The molecule has 3 rings (SSSR count). The minimum absolute atomic E-state index is 0.0142. The van der Waals surface area contributed by atoms with Crippen LogP contribution in [0.3, 0.4) is 0 Å². The molecule has 136 valence electrons. The molecule has 3 atom stereocenters. The van der Waals surface area contributed by atoms with Crippen LogP contribution in [-0.4, -0.2) is 53.3 Å². The monoisotopic (exact) mass is 347 g/mol. The second-order valence-electron chi connectivity index (χ2n) is 7.25. The molecule has 0 aliphatic carbocycles. The second-order valence-corrected chi connectivity index (χ2v) is 7.25. The molecular weight excluding hydrogens is 321 g/mol. The van der Waals surface area contributed by atoms with E-state index in [0.717, 1.165) is 12.0 Å². The zero-order valence-corrected chi connectivity index (χ0v) is 15.1. The van der Waals surface area contributed by atoms with Gasteiger partial charge in [0.15, 0.2) is 0 Å². The van der Waals surface area contributed by atoms with Crippen molar-refractivity contribution in [3.63, 3.8) is 0 Å². The van der Waals surface area contributed by atoms with Gasteiger partial charge in [0, 0.05) is 31.7 Å². The van der Waals surface area contributed by atoms with Crippen molar-refractivity contribution >= 4 is 11.8 Å². The highest BCUT2D eigenvalue weighted by atomic mass is 19.1. The molecule has 2 heterocycles. The lowest BCUT2D eigenvalue weighted by Crippen LogP contribution is -2.70. The van der Waals surface area contributed by atoms with Crippen LogP contribution in [0.5, 0.6) is 0 Å². The third-order valence-corrected chi connectivity index (χ3v) is 5.42. The van der Waals surface area contributed by atoms with Crippen molar-refractivity contribution in [1.29, 1.82) is 0 Å². The van der Waals surface area contributed by atoms with Crippen molar-refractivity contribution in [2.24, 2.45) is 5.92 Å². The number of rotatable bonds is 4. The number of amides is 2. The highest BCUT2D eigenvalue weighted by molar-refractivity contribution is 5.97. The minimum atomic E-state index is -0.477. The molecule has 5 nitrogen and oxygen atoms in total. The highest BCUT2D eigenvalue weighted by Gasteiger charge is 2.44. The van der Waals surface area contributed by atoms with Crippen LogP contribution in [0, 0.1) is 18.7 Å². The summed E-state index contributed by atoms with van der Waals surface area (Å²) in [4.78, 5) is 29.0. The van der Waals surface area contributed by atoms with E-state index in [1.807, 2.05) is 26.8 Å². The normalized spacial score (nSPS) is 25.5. The van der Waals surface area contributed by atoms with Crippen LogP contribution in [0.1, 0.15) is 31.4 Å². The number of hydrogen-bond donors (Lipinski definition) is 1. The molecule has 6 heteroatoms. The van der Waals surface area contributed by atoms with Crippen LogP contribution >= 0.6 is 0 Å². The molecule has 0 aromatic heterocycles. The molecule has 1 aromatic carbocycles. The Morgan fingerprint density at radius 2 is 2.08 bits per heavy atom. The first kappa shape index (κ1) is 17.9.